The number of nitrogen functional groups attached to an aromatic ring is 1. The Balaban J connectivity index is 2.80. The maximum absolute atomic E-state index is 12.0. The maximum Gasteiger partial charge on any atom is 0.253 e. The fourth-order valence-electron chi connectivity index (χ4n) is 1.51. The van der Waals surface area contributed by atoms with Crippen LogP contribution in [-0.2, 0) is 0 Å². The summed E-state index contributed by atoms with van der Waals surface area (Å²) in [7, 11) is 0. The van der Waals surface area contributed by atoms with Crippen molar-refractivity contribution in [2.24, 2.45) is 5.92 Å². The molecule has 2 atom stereocenters. The van der Waals surface area contributed by atoms with Gasteiger partial charge < -0.3 is 11.1 Å². The molecule has 4 heteroatoms. The molecule has 0 radical (unpaired) electrons. The molecular formula is C13H19ClN2O. The minimum Gasteiger partial charge on any atom is -0.398 e. The number of hydrogen-bond acceptors (Lipinski definition) is 2. The van der Waals surface area contributed by atoms with Gasteiger partial charge in [0.2, 0.25) is 0 Å². The Labute approximate surface area is 107 Å². The molecule has 0 heterocycles. The molecule has 0 saturated carbocycles. The third kappa shape index (κ3) is 3.37. The van der Waals surface area contributed by atoms with Gasteiger partial charge in [0, 0.05) is 6.04 Å². The van der Waals surface area contributed by atoms with Gasteiger partial charge in [-0.05, 0) is 25.0 Å². The van der Waals surface area contributed by atoms with E-state index in [0.29, 0.717) is 22.2 Å². The van der Waals surface area contributed by atoms with Crippen LogP contribution in [0, 0.1) is 5.92 Å². The SMILES string of the molecule is CCC(C)C(C)NC(=O)c1cccc(N)c1Cl. The molecule has 17 heavy (non-hydrogen) atoms. The number of hydrogen-bond donors (Lipinski definition) is 2. The second kappa shape index (κ2) is 5.92. The zero-order valence-electron chi connectivity index (χ0n) is 10.5. The minimum atomic E-state index is -0.171. The molecule has 1 aromatic carbocycles. The number of nitrogens with two attached hydrogens (primary N) is 1. The lowest BCUT2D eigenvalue weighted by molar-refractivity contribution is 0.0928. The Hall–Kier alpha value is -1.22. The number of rotatable bonds is 4. The molecule has 3 N–H and O–H groups in total. The summed E-state index contributed by atoms with van der Waals surface area (Å²) in [5.41, 5.74) is 6.52. The Bertz CT molecular complexity index is 406. The number of amides is 1. The van der Waals surface area contributed by atoms with Gasteiger partial charge in [-0.25, -0.2) is 0 Å². The number of anilines is 1. The molecule has 1 amide bonds. The maximum atomic E-state index is 12.0. The molecule has 0 aliphatic rings. The topological polar surface area (TPSA) is 55.1 Å². The molecule has 0 aromatic heterocycles. The molecule has 0 aliphatic carbocycles. The molecule has 1 aromatic rings. The van der Waals surface area contributed by atoms with Crippen LogP contribution in [0.4, 0.5) is 5.69 Å². The van der Waals surface area contributed by atoms with Crippen molar-refractivity contribution < 1.29 is 4.79 Å². The largest absolute Gasteiger partial charge is 0.398 e. The van der Waals surface area contributed by atoms with E-state index in [2.05, 4.69) is 19.2 Å². The van der Waals surface area contributed by atoms with E-state index in [1.807, 2.05) is 6.92 Å². The van der Waals surface area contributed by atoms with Gasteiger partial charge in [0.05, 0.1) is 16.3 Å². The van der Waals surface area contributed by atoms with Crippen molar-refractivity contribution in [2.75, 3.05) is 5.73 Å². The van der Waals surface area contributed by atoms with Crippen LogP contribution in [0.15, 0.2) is 18.2 Å². The van der Waals surface area contributed by atoms with Crippen LogP contribution in [0.25, 0.3) is 0 Å². The van der Waals surface area contributed by atoms with E-state index in [9.17, 15) is 4.79 Å². The van der Waals surface area contributed by atoms with Gasteiger partial charge in [-0.15, -0.1) is 0 Å². The molecular weight excluding hydrogens is 236 g/mol. The smallest absolute Gasteiger partial charge is 0.253 e. The van der Waals surface area contributed by atoms with Crippen molar-refractivity contribution in [3.8, 4) is 0 Å². The summed E-state index contributed by atoms with van der Waals surface area (Å²) in [6.07, 6.45) is 1.02. The van der Waals surface area contributed by atoms with Gasteiger partial charge >= 0.3 is 0 Å². The monoisotopic (exact) mass is 254 g/mol. The normalized spacial score (nSPS) is 14.1. The second-order valence-corrected chi connectivity index (χ2v) is 4.73. The quantitative estimate of drug-likeness (QED) is 0.812. The number of halogens is 1. The van der Waals surface area contributed by atoms with Gasteiger partial charge in [0.25, 0.3) is 5.91 Å². The fraction of sp³-hybridized carbons (Fsp3) is 0.462. The van der Waals surface area contributed by atoms with Crippen molar-refractivity contribution in [1.29, 1.82) is 0 Å². The van der Waals surface area contributed by atoms with Crippen molar-refractivity contribution in [3.63, 3.8) is 0 Å². The molecule has 0 spiro atoms. The lowest BCUT2D eigenvalue weighted by Gasteiger charge is -2.20. The summed E-state index contributed by atoms with van der Waals surface area (Å²) >= 11 is 6.00. The van der Waals surface area contributed by atoms with E-state index in [4.69, 9.17) is 17.3 Å². The summed E-state index contributed by atoms with van der Waals surface area (Å²) in [6.45, 7) is 6.19. The molecule has 0 aliphatic heterocycles. The number of carbonyl (C=O) groups excluding carboxylic acids is 1. The predicted molar refractivity (Wildman–Crippen MR) is 72.2 cm³/mol. The van der Waals surface area contributed by atoms with Gasteiger partial charge in [-0.3, -0.25) is 4.79 Å². The van der Waals surface area contributed by atoms with Crippen molar-refractivity contribution in [2.45, 2.75) is 33.2 Å². The van der Waals surface area contributed by atoms with Crippen LogP contribution in [0.2, 0.25) is 5.02 Å². The van der Waals surface area contributed by atoms with Crippen LogP contribution in [0.5, 0.6) is 0 Å². The molecule has 2 unspecified atom stereocenters. The third-order valence-corrected chi connectivity index (χ3v) is 3.55. The molecule has 0 fully saturated rings. The highest BCUT2D eigenvalue weighted by atomic mass is 35.5. The molecule has 1 rings (SSSR count). The van der Waals surface area contributed by atoms with E-state index in [1.165, 1.54) is 0 Å². The van der Waals surface area contributed by atoms with Gasteiger partial charge in [0.15, 0.2) is 0 Å². The Morgan fingerprint density at radius 1 is 1.47 bits per heavy atom. The fourth-order valence-corrected chi connectivity index (χ4v) is 1.72. The number of benzene rings is 1. The molecule has 3 nitrogen and oxygen atoms in total. The molecule has 0 bridgehead atoms. The van der Waals surface area contributed by atoms with Crippen LogP contribution < -0.4 is 11.1 Å². The predicted octanol–water partition coefficient (Wildman–Crippen LogP) is 3.09. The van der Waals surface area contributed by atoms with Gasteiger partial charge in [-0.1, -0.05) is 37.9 Å². The zero-order chi connectivity index (χ0) is 13.0. The molecule has 94 valence electrons. The van der Waals surface area contributed by atoms with Gasteiger partial charge in [-0.2, -0.15) is 0 Å². The van der Waals surface area contributed by atoms with E-state index >= 15 is 0 Å². The lowest BCUT2D eigenvalue weighted by Crippen LogP contribution is -2.37. The van der Waals surface area contributed by atoms with Crippen LogP contribution in [0.3, 0.4) is 0 Å². The lowest BCUT2D eigenvalue weighted by atomic mass is 10.0. The first kappa shape index (κ1) is 13.8. The Morgan fingerprint density at radius 2 is 2.12 bits per heavy atom. The van der Waals surface area contributed by atoms with E-state index < -0.39 is 0 Å². The number of carbonyl (C=O) groups is 1. The van der Waals surface area contributed by atoms with E-state index in [0.717, 1.165) is 6.42 Å². The van der Waals surface area contributed by atoms with E-state index in [-0.39, 0.29) is 11.9 Å². The van der Waals surface area contributed by atoms with Crippen LogP contribution in [-0.4, -0.2) is 11.9 Å². The summed E-state index contributed by atoms with van der Waals surface area (Å²) in [4.78, 5) is 12.0. The first-order chi connectivity index (χ1) is 7.97. The standard InChI is InChI=1S/C13H19ClN2O/c1-4-8(2)9(3)16-13(17)10-6-5-7-11(15)12(10)14/h5-9H,4,15H2,1-3H3,(H,16,17). The highest BCUT2D eigenvalue weighted by Crippen LogP contribution is 2.23. The summed E-state index contributed by atoms with van der Waals surface area (Å²) in [5, 5.41) is 3.26. The van der Waals surface area contributed by atoms with Crippen molar-refractivity contribution >= 4 is 23.2 Å². The Kier molecular flexibility index (Phi) is 4.82. The Morgan fingerprint density at radius 3 is 2.71 bits per heavy atom. The molecule has 0 saturated heterocycles. The highest BCUT2D eigenvalue weighted by Gasteiger charge is 2.17. The zero-order valence-corrected chi connectivity index (χ0v) is 11.2. The second-order valence-electron chi connectivity index (χ2n) is 4.36. The summed E-state index contributed by atoms with van der Waals surface area (Å²) < 4.78 is 0. The van der Waals surface area contributed by atoms with Crippen LogP contribution >= 0.6 is 11.6 Å². The minimum absolute atomic E-state index is 0.116. The average Bonchev–Trinajstić information content (AvgIpc) is 2.31. The van der Waals surface area contributed by atoms with Crippen LogP contribution in [0.1, 0.15) is 37.6 Å². The van der Waals surface area contributed by atoms with E-state index in [1.54, 1.807) is 18.2 Å². The van der Waals surface area contributed by atoms with Gasteiger partial charge in [0.1, 0.15) is 0 Å². The third-order valence-electron chi connectivity index (χ3n) is 3.13. The highest BCUT2D eigenvalue weighted by molar-refractivity contribution is 6.36. The summed E-state index contributed by atoms with van der Waals surface area (Å²) in [6, 6.07) is 5.20. The first-order valence-electron chi connectivity index (χ1n) is 5.82. The average molecular weight is 255 g/mol. The first-order valence-corrected chi connectivity index (χ1v) is 6.20. The summed E-state index contributed by atoms with van der Waals surface area (Å²) in [5.74, 6) is 0.258. The number of nitrogens with one attached hydrogen (secondary N) is 1. The van der Waals surface area contributed by atoms with Crippen molar-refractivity contribution in [3.05, 3.63) is 28.8 Å². The van der Waals surface area contributed by atoms with Crippen molar-refractivity contribution in [1.82, 2.24) is 5.32 Å².